The van der Waals surface area contributed by atoms with E-state index >= 15 is 0 Å². The summed E-state index contributed by atoms with van der Waals surface area (Å²) in [6.45, 7) is 4.19. The minimum Gasteiger partial charge on any atom is -0.443 e. The Labute approximate surface area is 185 Å². The lowest BCUT2D eigenvalue weighted by molar-refractivity contribution is 0.574. The highest BCUT2D eigenvalue weighted by Crippen LogP contribution is 2.23. The van der Waals surface area contributed by atoms with Crippen molar-refractivity contribution in [2.75, 3.05) is 18.8 Å². The first-order valence-corrected chi connectivity index (χ1v) is 10.4. The van der Waals surface area contributed by atoms with E-state index in [1.54, 1.807) is 17.6 Å². The highest BCUT2D eigenvalue weighted by atomic mass is 127. The molecule has 0 saturated heterocycles. The predicted octanol–water partition coefficient (Wildman–Crippen LogP) is 4.87. The van der Waals surface area contributed by atoms with Crippen LogP contribution in [-0.4, -0.2) is 29.8 Å². The monoisotopic (exact) mass is 514 g/mol. The van der Waals surface area contributed by atoms with E-state index in [-0.39, 0.29) is 24.0 Å². The maximum absolute atomic E-state index is 5.53. The lowest BCUT2D eigenvalue weighted by Crippen LogP contribution is -2.38. The van der Waals surface area contributed by atoms with Crippen molar-refractivity contribution in [1.82, 2.24) is 15.6 Å². The molecule has 0 aliphatic rings. The molecular formula is C19H23IN4OS2. The number of guanidine groups is 1. The number of hydrogen-bond acceptors (Lipinski definition) is 5. The molecular weight excluding hydrogens is 491 g/mol. The van der Waals surface area contributed by atoms with Crippen molar-refractivity contribution < 1.29 is 4.42 Å². The van der Waals surface area contributed by atoms with Crippen LogP contribution in [0.1, 0.15) is 12.6 Å². The lowest BCUT2D eigenvalue weighted by atomic mass is 10.4. The summed E-state index contributed by atoms with van der Waals surface area (Å²) in [7, 11) is 0. The van der Waals surface area contributed by atoms with Gasteiger partial charge in [0.1, 0.15) is 12.0 Å². The fourth-order valence-electron chi connectivity index (χ4n) is 2.25. The fraction of sp³-hybridized carbons (Fsp3) is 0.263. The van der Waals surface area contributed by atoms with Crippen LogP contribution in [-0.2, 0) is 6.54 Å². The van der Waals surface area contributed by atoms with Crippen molar-refractivity contribution in [1.29, 1.82) is 0 Å². The smallest absolute Gasteiger partial charge is 0.236 e. The highest BCUT2D eigenvalue weighted by Gasteiger charge is 2.07. The Morgan fingerprint density at radius 3 is 2.78 bits per heavy atom. The zero-order valence-corrected chi connectivity index (χ0v) is 19.0. The summed E-state index contributed by atoms with van der Waals surface area (Å²) < 4.78 is 5.53. The van der Waals surface area contributed by atoms with E-state index in [4.69, 9.17) is 4.42 Å². The van der Waals surface area contributed by atoms with Crippen molar-refractivity contribution in [2.45, 2.75) is 18.4 Å². The number of aromatic nitrogens is 1. The molecule has 144 valence electrons. The molecule has 5 nitrogen and oxygen atoms in total. The van der Waals surface area contributed by atoms with E-state index in [2.05, 4.69) is 51.8 Å². The summed E-state index contributed by atoms with van der Waals surface area (Å²) in [5, 5.41) is 8.63. The lowest BCUT2D eigenvalue weighted by Gasteiger charge is -2.10. The summed E-state index contributed by atoms with van der Waals surface area (Å²) in [5.74, 6) is 2.42. The zero-order valence-electron chi connectivity index (χ0n) is 15.1. The zero-order chi connectivity index (χ0) is 18.0. The third kappa shape index (κ3) is 7.19. The summed E-state index contributed by atoms with van der Waals surface area (Å²) in [5.41, 5.74) is 0.823. The van der Waals surface area contributed by atoms with Gasteiger partial charge in [0.25, 0.3) is 0 Å². The van der Waals surface area contributed by atoms with E-state index in [0.717, 1.165) is 35.4 Å². The average Bonchev–Trinajstić information content (AvgIpc) is 3.35. The molecule has 0 atom stereocenters. The molecule has 8 heteroatoms. The van der Waals surface area contributed by atoms with Crippen molar-refractivity contribution in [3.05, 3.63) is 59.8 Å². The van der Waals surface area contributed by atoms with Crippen LogP contribution in [0.5, 0.6) is 0 Å². The molecule has 2 aromatic heterocycles. The molecule has 0 saturated carbocycles. The Morgan fingerprint density at radius 1 is 1.19 bits per heavy atom. The number of nitrogens with one attached hydrogen (secondary N) is 2. The molecule has 2 heterocycles. The molecule has 0 unspecified atom stereocenters. The summed E-state index contributed by atoms with van der Waals surface area (Å²) >= 11 is 3.44. The van der Waals surface area contributed by atoms with Gasteiger partial charge >= 0.3 is 0 Å². The van der Waals surface area contributed by atoms with Gasteiger partial charge in [0.15, 0.2) is 5.96 Å². The molecule has 1 aromatic carbocycles. The Kier molecular flexibility index (Phi) is 9.71. The topological polar surface area (TPSA) is 62.5 Å². The minimum atomic E-state index is 0. The summed E-state index contributed by atoms with van der Waals surface area (Å²) in [4.78, 5) is 11.4. The largest absolute Gasteiger partial charge is 0.443 e. The third-order valence-corrected chi connectivity index (χ3v) is 5.31. The standard InChI is InChI=1S/C19H22N4OS2.HI/c1-2-20-19(21-10-12-25-16-7-4-3-5-8-16)22-13-15-14-24-18(23-15)17-9-6-11-26-17;/h3-9,11,14H,2,10,12-13H2,1H3,(H2,20,21,22);1H. The second-order valence-corrected chi connectivity index (χ2v) is 7.52. The molecule has 0 aliphatic carbocycles. The maximum atomic E-state index is 5.53. The molecule has 0 fully saturated rings. The number of thioether (sulfide) groups is 1. The van der Waals surface area contributed by atoms with E-state index in [1.807, 2.05) is 35.3 Å². The third-order valence-electron chi connectivity index (χ3n) is 3.43. The van der Waals surface area contributed by atoms with E-state index in [1.165, 1.54) is 4.90 Å². The van der Waals surface area contributed by atoms with Gasteiger partial charge in [-0.15, -0.1) is 47.1 Å². The quantitative estimate of drug-likeness (QED) is 0.148. The van der Waals surface area contributed by atoms with Crippen LogP contribution in [0, 0.1) is 0 Å². The Balaban J connectivity index is 0.00000261. The first-order chi connectivity index (χ1) is 12.8. The van der Waals surface area contributed by atoms with Crippen molar-refractivity contribution >= 4 is 53.0 Å². The van der Waals surface area contributed by atoms with Crippen molar-refractivity contribution in [2.24, 2.45) is 4.99 Å². The molecule has 27 heavy (non-hydrogen) atoms. The fourth-order valence-corrected chi connectivity index (χ4v) is 3.69. The predicted molar refractivity (Wildman–Crippen MR) is 125 cm³/mol. The van der Waals surface area contributed by atoms with Gasteiger partial charge in [-0.05, 0) is 30.5 Å². The number of thiophene rings is 1. The number of hydrogen-bond donors (Lipinski definition) is 2. The molecule has 2 N–H and O–H groups in total. The number of aliphatic imine (C=N–C) groups is 1. The van der Waals surface area contributed by atoms with Crippen LogP contribution in [0.4, 0.5) is 0 Å². The van der Waals surface area contributed by atoms with Crippen molar-refractivity contribution in [3.63, 3.8) is 0 Å². The molecule has 0 amide bonds. The van der Waals surface area contributed by atoms with Gasteiger partial charge < -0.3 is 15.1 Å². The molecule has 0 aliphatic heterocycles. The van der Waals surface area contributed by atoms with Gasteiger partial charge in [0.2, 0.25) is 5.89 Å². The van der Waals surface area contributed by atoms with Crippen LogP contribution in [0.15, 0.2) is 68.4 Å². The Morgan fingerprint density at radius 2 is 2.04 bits per heavy atom. The Hall–Kier alpha value is -1.52. The highest BCUT2D eigenvalue weighted by molar-refractivity contribution is 14.0. The minimum absolute atomic E-state index is 0. The summed E-state index contributed by atoms with van der Waals surface area (Å²) in [6, 6.07) is 14.4. The number of rotatable bonds is 8. The molecule has 0 bridgehead atoms. The van der Waals surface area contributed by atoms with Crippen LogP contribution < -0.4 is 10.6 Å². The van der Waals surface area contributed by atoms with Gasteiger partial charge in [-0.25, -0.2) is 9.98 Å². The molecule has 3 aromatic rings. The second kappa shape index (κ2) is 12.0. The first kappa shape index (κ1) is 21.8. The van der Waals surface area contributed by atoms with Crippen LogP contribution >= 0.6 is 47.1 Å². The molecule has 3 rings (SSSR count). The number of benzene rings is 1. The number of halogens is 1. The van der Waals surface area contributed by atoms with Gasteiger partial charge in [-0.3, -0.25) is 0 Å². The van der Waals surface area contributed by atoms with Gasteiger partial charge in [-0.2, -0.15) is 0 Å². The van der Waals surface area contributed by atoms with Crippen LogP contribution in [0.25, 0.3) is 10.8 Å². The van der Waals surface area contributed by atoms with Crippen molar-refractivity contribution in [3.8, 4) is 10.8 Å². The van der Waals surface area contributed by atoms with Crippen LogP contribution in [0.2, 0.25) is 0 Å². The molecule has 0 spiro atoms. The van der Waals surface area contributed by atoms with E-state index in [9.17, 15) is 0 Å². The van der Waals surface area contributed by atoms with Gasteiger partial charge in [0, 0.05) is 23.7 Å². The van der Waals surface area contributed by atoms with Crippen LogP contribution in [0.3, 0.4) is 0 Å². The van der Waals surface area contributed by atoms with E-state index < -0.39 is 0 Å². The van der Waals surface area contributed by atoms with Gasteiger partial charge in [0.05, 0.1) is 11.4 Å². The van der Waals surface area contributed by atoms with Gasteiger partial charge in [-0.1, -0.05) is 24.3 Å². The number of nitrogens with zero attached hydrogens (tertiary/aromatic N) is 2. The SMILES string of the molecule is CCNC(=NCc1coc(-c2cccs2)n1)NCCSc1ccccc1.I. The maximum Gasteiger partial charge on any atom is 0.236 e. The Bertz CT molecular complexity index is 806. The summed E-state index contributed by atoms with van der Waals surface area (Å²) in [6.07, 6.45) is 1.67. The van der Waals surface area contributed by atoms with E-state index in [0.29, 0.717) is 12.4 Å². The number of oxazole rings is 1. The molecule has 0 radical (unpaired) electrons. The second-order valence-electron chi connectivity index (χ2n) is 5.40. The normalized spacial score (nSPS) is 11.1. The first-order valence-electron chi connectivity index (χ1n) is 8.53. The average molecular weight is 514 g/mol.